The van der Waals surface area contributed by atoms with Crippen molar-refractivity contribution >= 4 is 50.0 Å². The minimum absolute atomic E-state index is 0.00335. The Balaban J connectivity index is 0.872. The fourth-order valence-corrected chi connectivity index (χ4v) is 16.9. The van der Waals surface area contributed by atoms with Gasteiger partial charge in [-0.3, -0.25) is 57.4 Å². The molecule has 4 aliphatic heterocycles. The molecule has 0 spiro atoms. The van der Waals surface area contributed by atoms with Crippen molar-refractivity contribution in [3.8, 4) is 0 Å². The zero-order chi connectivity index (χ0) is 61.1. The van der Waals surface area contributed by atoms with Crippen LogP contribution in [0.5, 0.6) is 0 Å². The summed E-state index contributed by atoms with van der Waals surface area (Å²) in [6.45, 7) is 6.03. The van der Waals surface area contributed by atoms with Gasteiger partial charge in [-0.2, -0.15) is 24.4 Å². The van der Waals surface area contributed by atoms with Crippen LogP contribution >= 0.6 is 24.4 Å². The van der Waals surface area contributed by atoms with Crippen LogP contribution in [0, 0.1) is 51.4 Å². The molecule has 4 aliphatic rings. The quantitative estimate of drug-likeness (QED) is 0.0335. The third-order valence-corrected chi connectivity index (χ3v) is 21.6. The second-order valence-corrected chi connectivity index (χ2v) is 28.5. The van der Waals surface area contributed by atoms with Crippen LogP contribution in [0.2, 0.25) is 0 Å². The number of benzene rings is 1. The first kappa shape index (κ1) is 63.4. The molecule has 0 unspecified atom stereocenters. The summed E-state index contributed by atoms with van der Waals surface area (Å²) in [7, 11) is -7.76. The number of sulfone groups is 2. The fraction of sp³-hybridized carbons (Fsp3) is 0.582. The van der Waals surface area contributed by atoms with E-state index in [1.54, 1.807) is 37.3 Å². The number of aryl methyl sites for hydroxylation is 4. The molecule has 9 rings (SSSR count). The molecule has 462 valence electrons. The SMILES string of the molecule is Cc1cn([C@H]2C[C@H](CS(=O)(=O)CC[C@H]3O[C@@H](n4cc(C)c(=O)[nH]c4=O)C[C@@H]3CSCC[C@H]3O[C@@H](n4cc(C)c(=O)[nH]c4=O)C[C@@H]3CS(=O)(=O)CC[C@H]3O[C@@H](n4cc(C)c(=O)[nH]c4=O)C[C@@H]3CS)[C@@H](CCOC(=O)c3ccccc3)O2)c(=O)[nH]c1=O. The molecule has 4 saturated heterocycles. The van der Waals surface area contributed by atoms with Crippen molar-refractivity contribution in [1.29, 1.82) is 0 Å². The van der Waals surface area contributed by atoms with Crippen molar-refractivity contribution in [3.63, 3.8) is 0 Å². The number of hydrogen-bond donors (Lipinski definition) is 5. The number of aromatic amines is 4. The minimum atomic E-state index is -3.93. The molecule has 0 amide bonds. The average molecular weight is 1260 g/mol. The van der Waals surface area contributed by atoms with E-state index in [0.717, 1.165) is 0 Å². The predicted octanol–water partition coefficient (Wildman–Crippen LogP) is 1.95. The van der Waals surface area contributed by atoms with E-state index in [-0.39, 0.29) is 96.7 Å². The molecule has 0 radical (unpaired) electrons. The summed E-state index contributed by atoms with van der Waals surface area (Å²) in [5.41, 5.74) is -3.68. The van der Waals surface area contributed by atoms with Crippen molar-refractivity contribution in [2.45, 2.75) is 128 Å². The highest BCUT2D eigenvalue weighted by Gasteiger charge is 2.44. The summed E-state index contributed by atoms with van der Waals surface area (Å²) >= 11 is 5.97. The lowest BCUT2D eigenvalue weighted by molar-refractivity contribution is -0.0197. The Morgan fingerprint density at radius 1 is 0.529 bits per heavy atom. The molecule has 0 aliphatic carbocycles. The fourth-order valence-electron chi connectivity index (χ4n) is 11.7. The van der Waals surface area contributed by atoms with Crippen molar-refractivity contribution in [2.75, 3.05) is 46.9 Å². The van der Waals surface area contributed by atoms with Gasteiger partial charge in [0.2, 0.25) is 0 Å². The van der Waals surface area contributed by atoms with Gasteiger partial charge in [-0.15, -0.1) is 0 Å². The molecular formula is C55H70N8O18S4. The number of nitrogens with zero attached hydrogens (tertiary/aromatic N) is 4. The van der Waals surface area contributed by atoms with Gasteiger partial charge in [0.05, 0.1) is 59.6 Å². The standard InChI is InChI=1S/C55H70N8O18S4/c1-30-22-60(52(69)56-47(30)64)43-18-35(26-82)41(80-43)12-16-84(73,74)29-38-21-46(63-25-33(4)50(67)59-55(63)72)79-40(38)11-15-83-27-36-19-44(61-23-31(2)48(65)57-53(61)70)81-42(36)13-17-85(75,76)28-37-20-45(62-24-32(3)49(66)58-54(62)71)78-39(37)10-14-77-51(68)34-8-6-5-7-9-34/h5-9,22-25,35-46,82H,10-21,26-29H2,1-4H3,(H,56,64,69)(H,57,65,70)(H,58,66,71)(H,59,67,72)/t35-,36-,37-,38-,39-,40-,41-,42-,43-,44-,45-,46-/m1/s1. The van der Waals surface area contributed by atoms with E-state index < -0.39 is 132 Å². The van der Waals surface area contributed by atoms with Gasteiger partial charge in [-0.1, -0.05) is 18.2 Å². The second kappa shape index (κ2) is 26.9. The van der Waals surface area contributed by atoms with Gasteiger partial charge in [-0.05, 0) is 114 Å². The Morgan fingerprint density at radius 2 is 0.882 bits per heavy atom. The van der Waals surface area contributed by atoms with Gasteiger partial charge in [0.1, 0.15) is 24.9 Å². The zero-order valence-corrected chi connectivity index (χ0v) is 50.6. The van der Waals surface area contributed by atoms with E-state index in [9.17, 15) is 60.0 Å². The zero-order valence-electron chi connectivity index (χ0n) is 47.2. The number of carbonyl (C=O) groups is 1. The number of esters is 1. The number of thiol groups is 1. The van der Waals surface area contributed by atoms with Crippen molar-refractivity contribution in [3.05, 3.63) is 166 Å². The van der Waals surface area contributed by atoms with Crippen LogP contribution in [-0.4, -0.2) is 132 Å². The average Bonchev–Trinajstić information content (AvgIpc) is 3.52. The van der Waals surface area contributed by atoms with E-state index in [1.165, 1.54) is 75.6 Å². The summed E-state index contributed by atoms with van der Waals surface area (Å²) < 4.78 is 92.8. The number of aromatic nitrogens is 8. The van der Waals surface area contributed by atoms with E-state index in [4.69, 9.17) is 23.7 Å². The highest BCUT2D eigenvalue weighted by atomic mass is 32.2. The lowest BCUT2D eigenvalue weighted by Crippen LogP contribution is -2.33. The summed E-state index contributed by atoms with van der Waals surface area (Å²) in [5.74, 6) is -2.55. The molecule has 26 nitrogen and oxygen atoms in total. The van der Waals surface area contributed by atoms with E-state index >= 15 is 0 Å². The van der Waals surface area contributed by atoms with Gasteiger partial charge in [0, 0.05) is 65.3 Å². The maximum absolute atomic E-state index is 14.3. The first-order chi connectivity index (χ1) is 40.3. The van der Waals surface area contributed by atoms with Crippen molar-refractivity contribution in [2.24, 2.45) is 23.7 Å². The van der Waals surface area contributed by atoms with Crippen LogP contribution in [0.15, 0.2) is 93.5 Å². The molecule has 5 aromatic rings. The van der Waals surface area contributed by atoms with E-state index in [0.29, 0.717) is 41.2 Å². The van der Waals surface area contributed by atoms with Gasteiger partial charge in [-0.25, -0.2) is 40.8 Å². The summed E-state index contributed by atoms with van der Waals surface area (Å²) in [6.07, 6.45) is 0.661. The summed E-state index contributed by atoms with van der Waals surface area (Å²) in [5, 5.41) is 0. The van der Waals surface area contributed by atoms with Crippen LogP contribution in [0.1, 0.15) is 109 Å². The van der Waals surface area contributed by atoms with Gasteiger partial charge in [0.25, 0.3) is 22.2 Å². The first-order valence-corrected chi connectivity index (χ1v) is 33.5. The Bertz CT molecular complexity index is 3990. The Hall–Kier alpha value is -6.15. The van der Waals surface area contributed by atoms with E-state index in [1.807, 2.05) is 0 Å². The van der Waals surface area contributed by atoms with Crippen LogP contribution in [0.4, 0.5) is 0 Å². The Labute approximate surface area is 496 Å². The van der Waals surface area contributed by atoms with Crippen LogP contribution in [0.25, 0.3) is 0 Å². The number of hydrogen-bond acceptors (Lipinski definition) is 20. The molecule has 0 saturated carbocycles. The first-order valence-electron chi connectivity index (χ1n) is 28.1. The van der Waals surface area contributed by atoms with E-state index in [2.05, 4.69) is 32.6 Å². The summed E-state index contributed by atoms with van der Waals surface area (Å²) in [4.78, 5) is 123. The largest absolute Gasteiger partial charge is 0.462 e. The number of H-pyrrole nitrogens is 4. The number of ether oxygens (including phenoxy) is 5. The molecule has 4 N–H and O–H groups in total. The number of carbonyl (C=O) groups excluding carboxylic acids is 1. The third-order valence-electron chi connectivity index (χ3n) is 16.4. The molecule has 85 heavy (non-hydrogen) atoms. The third kappa shape index (κ3) is 15.3. The van der Waals surface area contributed by atoms with Gasteiger partial charge < -0.3 is 23.7 Å². The van der Waals surface area contributed by atoms with Gasteiger partial charge in [0.15, 0.2) is 19.7 Å². The van der Waals surface area contributed by atoms with Crippen LogP contribution in [-0.2, 0) is 43.4 Å². The smallest absolute Gasteiger partial charge is 0.338 e. The monoisotopic (exact) mass is 1260 g/mol. The summed E-state index contributed by atoms with van der Waals surface area (Å²) in [6, 6.07) is 8.32. The number of thioether (sulfide) groups is 1. The normalized spacial score (nSPS) is 26.1. The Morgan fingerprint density at radius 3 is 1.28 bits per heavy atom. The topological polar surface area (TPSA) is 351 Å². The maximum atomic E-state index is 14.3. The molecule has 12 atom stereocenters. The molecule has 0 bridgehead atoms. The molecule has 8 heterocycles. The number of rotatable bonds is 24. The second-order valence-electron chi connectivity index (χ2n) is 22.6. The van der Waals surface area contributed by atoms with Crippen molar-refractivity contribution in [1.82, 2.24) is 38.2 Å². The molecule has 4 aromatic heterocycles. The van der Waals surface area contributed by atoms with Crippen molar-refractivity contribution < 1.29 is 45.3 Å². The minimum Gasteiger partial charge on any atom is -0.462 e. The maximum Gasteiger partial charge on any atom is 0.338 e. The molecule has 4 fully saturated rings. The van der Waals surface area contributed by atoms with Crippen LogP contribution < -0.4 is 45.0 Å². The lowest BCUT2D eigenvalue weighted by Gasteiger charge is -2.22. The highest BCUT2D eigenvalue weighted by Crippen LogP contribution is 2.41. The predicted molar refractivity (Wildman–Crippen MR) is 316 cm³/mol. The molecular weight excluding hydrogens is 1190 g/mol. The molecule has 1 aromatic carbocycles. The molecule has 30 heteroatoms. The van der Waals surface area contributed by atoms with Gasteiger partial charge >= 0.3 is 28.7 Å². The lowest BCUT2D eigenvalue weighted by atomic mass is 10.0. The number of nitrogens with one attached hydrogen (secondary N) is 4. The Kier molecular flexibility index (Phi) is 20.0. The highest BCUT2D eigenvalue weighted by molar-refractivity contribution is 7.99. The van der Waals surface area contributed by atoms with Crippen LogP contribution in [0.3, 0.4) is 0 Å².